The number of nitrogens with one attached hydrogen (secondary N) is 1. The second-order valence-corrected chi connectivity index (χ2v) is 10.0. The van der Waals surface area contributed by atoms with Crippen molar-refractivity contribution in [1.29, 1.82) is 0 Å². The highest BCUT2D eigenvalue weighted by atomic mass is 35.5. The number of hydrogen-bond donors (Lipinski definition) is 1. The number of hydrogen-bond acceptors (Lipinski definition) is 3. The summed E-state index contributed by atoms with van der Waals surface area (Å²) in [7, 11) is -3.40. The van der Waals surface area contributed by atoms with Gasteiger partial charge in [-0.15, -0.1) is 0 Å². The maximum atomic E-state index is 12.7. The van der Waals surface area contributed by atoms with E-state index in [4.69, 9.17) is 11.6 Å². The van der Waals surface area contributed by atoms with E-state index in [0.717, 1.165) is 0 Å². The van der Waals surface area contributed by atoms with Gasteiger partial charge in [0.05, 0.1) is 5.75 Å². The predicted octanol–water partition coefficient (Wildman–Crippen LogP) is 3.80. The Bertz CT molecular complexity index is 909. The van der Waals surface area contributed by atoms with Gasteiger partial charge in [-0.25, -0.2) is 12.7 Å². The zero-order valence-electron chi connectivity index (χ0n) is 16.6. The van der Waals surface area contributed by atoms with Crippen molar-refractivity contribution in [1.82, 2.24) is 9.62 Å². The quantitative estimate of drug-likeness (QED) is 0.720. The first-order valence-corrected chi connectivity index (χ1v) is 11.9. The number of sulfonamides is 1. The molecule has 0 bridgehead atoms. The van der Waals surface area contributed by atoms with E-state index in [1.165, 1.54) is 9.87 Å². The van der Waals surface area contributed by atoms with Gasteiger partial charge < -0.3 is 5.32 Å². The summed E-state index contributed by atoms with van der Waals surface area (Å²) in [5.41, 5.74) is 1.90. The molecule has 1 heterocycles. The third-order valence-corrected chi connectivity index (χ3v) is 7.53. The summed E-state index contributed by atoms with van der Waals surface area (Å²) < 4.78 is 26.9. The lowest BCUT2D eigenvalue weighted by Crippen LogP contribution is -2.43. The molecule has 29 heavy (non-hydrogen) atoms. The van der Waals surface area contributed by atoms with Crippen molar-refractivity contribution in [2.45, 2.75) is 31.4 Å². The minimum Gasteiger partial charge on any atom is -0.355 e. The normalized spacial score (nSPS) is 17.0. The van der Waals surface area contributed by atoms with Crippen LogP contribution in [-0.4, -0.2) is 38.3 Å². The Balaban J connectivity index is 1.47. The van der Waals surface area contributed by atoms with Gasteiger partial charge >= 0.3 is 0 Å². The molecule has 5 nitrogen and oxygen atoms in total. The largest absolute Gasteiger partial charge is 0.355 e. The van der Waals surface area contributed by atoms with E-state index in [2.05, 4.69) is 24.4 Å². The minimum absolute atomic E-state index is 0.0162. The first-order chi connectivity index (χ1) is 13.8. The summed E-state index contributed by atoms with van der Waals surface area (Å²) in [5, 5.41) is 3.61. The van der Waals surface area contributed by atoms with Crippen molar-refractivity contribution in [2.24, 2.45) is 5.92 Å². The van der Waals surface area contributed by atoms with Crippen molar-refractivity contribution >= 4 is 27.5 Å². The Morgan fingerprint density at radius 3 is 2.34 bits per heavy atom. The molecule has 0 aromatic heterocycles. The molecular weight excluding hydrogens is 408 g/mol. The van der Waals surface area contributed by atoms with Gasteiger partial charge in [0, 0.05) is 30.6 Å². The zero-order chi connectivity index (χ0) is 20.9. The Morgan fingerprint density at radius 1 is 1.10 bits per heavy atom. The van der Waals surface area contributed by atoms with Gasteiger partial charge in [-0.3, -0.25) is 4.79 Å². The van der Waals surface area contributed by atoms with Gasteiger partial charge in [-0.05, 0) is 42.0 Å². The summed E-state index contributed by atoms with van der Waals surface area (Å²) in [6.45, 7) is 3.42. The average Bonchev–Trinajstić information content (AvgIpc) is 2.74. The van der Waals surface area contributed by atoms with Crippen molar-refractivity contribution < 1.29 is 13.2 Å². The fourth-order valence-corrected chi connectivity index (χ4v) is 5.27. The van der Waals surface area contributed by atoms with Crippen LogP contribution < -0.4 is 5.32 Å². The fourth-order valence-electron chi connectivity index (χ4n) is 3.58. The number of carbonyl (C=O) groups excluding carboxylic acids is 1. The smallest absolute Gasteiger partial charge is 0.223 e. The molecule has 1 fully saturated rings. The number of nitrogens with zero attached hydrogens (tertiary/aromatic N) is 1. The Morgan fingerprint density at radius 2 is 1.72 bits per heavy atom. The van der Waals surface area contributed by atoms with E-state index >= 15 is 0 Å². The second kappa shape index (κ2) is 9.74. The molecule has 0 unspecified atom stereocenters. The highest BCUT2D eigenvalue weighted by Crippen LogP contribution is 2.23. The van der Waals surface area contributed by atoms with E-state index < -0.39 is 10.0 Å². The molecule has 0 saturated carbocycles. The molecule has 2 aromatic rings. The van der Waals surface area contributed by atoms with Crippen LogP contribution in [0.2, 0.25) is 5.02 Å². The van der Waals surface area contributed by atoms with E-state index in [0.29, 0.717) is 43.1 Å². The fraction of sp³-hybridized carbons (Fsp3) is 0.409. The first kappa shape index (κ1) is 21.8. The lowest BCUT2D eigenvalue weighted by Gasteiger charge is -2.30. The van der Waals surface area contributed by atoms with Crippen LogP contribution in [0.15, 0.2) is 54.6 Å². The second-order valence-electron chi connectivity index (χ2n) is 7.61. The third-order valence-electron chi connectivity index (χ3n) is 5.43. The topological polar surface area (TPSA) is 66.5 Å². The van der Waals surface area contributed by atoms with Crippen molar-refractivity contribution in [2.75, 3.05) is 19.6 Å². The molecule has 7 heteroatoms. The summed E-state index contributed by atoms with van der Waals surface area (Å²) in [5.74, 6) is 0.0674. The van der Waals surface area contributed by atoms with Crippen LogP contribution in [0, 0.1) is 5.92 Å². The number of rotatable bonds is 7. The molecule has 1 N–H and O–H groups in total. The molecule has 1 amide bonds. The number of amides is 1. The van der Waals surface area contributed by atoms with E-state index in [-0.39, 0.29) is 23.5 Å². The maximum absolute atomic E-state index is 12.7. The summed E-state index contributed by atoms with van der Waals surface area (Å²) in [6, 6.07) is 16.9. The Labute approximate surface area is 178 Å². The predicted molar refractivity (Wildman–Crippen MR) is 116 cm³/mol. The van der Waals surface area contributed by atoms with E-state index in [1.54, 1.807) is 24.3 Å². The van der Waals surface area contributed by atoms with E-state index in [1.807, 2.05) is 18.2 Å². The van der Waals surface area contributed by atoms with Crippen LogP contribution in [0.3, 0.4) is 0 Å². The van der Waals surface area contributed by atoms with Gasteiger partial charge in [0.15, 0.2) is 0 Å². The van der Waals surface area contributed by atoms with Crippen LogP contribution in [0.25, 0.3) is 0 Å². The summed E-state index contributed by atoms with van der Waals surface area (Å²) >= 11 is 5.86. The molecule has 1 saturated heterocycles. The van der Waals surface area contributed by atoms with Crippen LogP contribution in [0.1, 0.15) is 36.8 Å². The van der Waals surface area contributed by atoms with Crippen LogP contribution >= 0.6 is 11.6 Å². The number of carbonyl (C=O) groups is 1. The van der Waals surface area contributed by atoms with Gasteiger partial charge in [-0.2, -0.15) is 0 Å². The van der Waals surface area contributed by atoms with Gasteiger partial charge in [0.2, 0.25) is 15.9 Å². The van der Waals surface area contributed by atoms with E-state index in [9.17, 15) is 13.2 Å². The lowest BCUT2D eigenvalue weighted by molar-refractivity contribution is -0.126. The molecule has 0 radical (unpaired) electrons. The molecule has 1 aliphatic heterocycles. The number of halogens is 1. The van der Waals surface area contributed by atoms with Crippen LogP contribution in [-0.2, 0) is 20.6 Å². The SMILES string of the molecule is C[C@H](CNC(=O)C1CCN(S(=O)(=O)Cc2ccc(Cl)cc2)CC1)c1ccccc1. The van der Waals surface area contributed by atoms with Crippen LogP contribution in [0.4, 0.5) is 0 Å². The summed E-state index contributed by atoms with van der Waals surface area (Å²) in [6.07, 6.45) is 1.09. The van der Waals surface area contributed by atoms with Gasteiger partial charge in [0.25, 0.3) is 0 Å². The van der Waals surface area contributed by atoms with Crippen LogP contribution in [0.5, 0.6) is 0 Å². The maximum Gasteiger partial charge on any atom is 0.223 e. The summed E-state index contributed by atoms with van der Waals surface area (Å²) in [4.78, 5) is 12.5. The Hall–Kier alpha value is -1.89. The van der Waals surface area contributed by atoms with Crippen molar-refractivity contribution in [3.05, 3.63) is 70.7 Å². The zero-order valence-corrected chi connectivity index (χ0v) is 18.1. The van der Waals surface area contributed by atoms with Crippen molar-refractivity contribution in [3.8, 4) is 0 Å². The van der Waals surface area contributed by atoms with Gasteiger partial charge in [0.1, 0.15) is 0 Å². The molecular formula is C22H27ClN2O3S. The minimum atomic E-state index is -3.40. The highest BCUT2D eigenvalue weighted by molar-refractivity contribution is 7.88. The molecule has 156 valence electrons. The molecule has 0 aliphatic carbocycles. The standard InChI is InChI=1S/C22H27ClN2O3S/c1-17(19-5-3-2-4-6-19)15-24-22(26)20-11-13-25(14-12-20)29(27,28)16-18-7-9-21(23)10-8-18/h2-10,17,20H,11-16H2,1H3,(H,24,26)/t17-/m1/s1. The molecule has 1 atom stereocenters. The highest BCUT2D eigenvalue weighted by Gasteiger charge is 2.31. The molecule has 0 spiro atoms. The lowest BCUT2D eigenvalue weighted by atomic mass is 9.96. The monoisotopic (exact) mass is 434 g/mol. The number of benzene rings is 2. The van der Waals surface area contributed by atoms with Crippen molar-refractivity contribution in [3.63, 3.8) is 0 Å². The molecule has 1 aliphatic rings. The third kappa shape index (κ3) is 6.04. The number of piperidine rings is 1. The van der Waals surface area contributed by atoms with Gasteiger partial charge in [-0.1, -0.05) is 61.0 Å². The molecule has 3 rings (SSSR count). The Kier molecular flexibility index (Phi) is 7.33. The average molecular weight is 435 g/mol. The first-order valence-electron chi connectivity index (χ1n) is 9.90. The molecule has 2 aromatic carbocycles.